The van der Waals surface area contributed by atoms with Crippen LogP contribution in [-0.4, -0.2) is 26.6 Å². The number of carbonyl (C=O) groups excluding carboxylic acids is 1. The summed E-state index contributed by atoms with van der Waals surface area (Å²) < 4.78 is 16.7. The number of benzene rings is 3. The molecular formula is C30H28FN3OS. The van der Waals surface area contributed by atoms with E-state index in [1.54, 1.807) is 18.2 Å². The largest absolute Gasteiger partial charge is 0.341 e. The molecule has 36 heavy (non-hydrogen) atoms. The normalized spacial score (nSPS) is 19.4. The number of amides is 1. The number of fused-ring (bicyclic) bond motifs is 3. The highest BCUT2D eigenvalue weighted by Gasteiger charge is 2.38. The zero-order valence-electron chi connectivity index (χ0n) is 20.3. The van der Waals surface area contributed by atoms with Crippen molar-refractivity contribution in [2.75, 3.05) is 0 Å². The predicted octanol–water partition coefficient (Wildman–Crippen LogP) is 7.89. The first-order valence-electron chi connectivity index (χ1n) is 12.7. The Hall–Kier alpha value is -3.38. The van der Waals surface area contributed by atoms with Crippen LogP contribution in [0.2, 0.25) is 0 Å². The van der Waals surface area contributed by atoms with Crippen molar-refractivity contribution in [3.63, 3.8) is 0 Å². The Balaban J connectivity index is 1.42. The molecule has 0 radical (unpaired) electrons. The zero-order valence-corrected chi connectivity index (χ0v) is 21.1. The molecule has 2 fully saturated rings. The molecule has 1 aromatic heterocycles. The van der Waals surface area contributed by atoms with Crippen LogP contribution in [-0.2, 0) is 11.3 Å². The van der Waals surface area contributed by atoms with Gasteiger partial charge in [-0.25, -0.2) is 9.38 Å². The van der Waals surface area contributed by atoms with Crippen LogP contribution in [0.25, 0.3) is 27.9 Å². The molecule has 1 saturated carbocycles. The van der Waals surface area contributed by atoms with Gasteiger partial charge in [-0.15, -0.1) is 0 Å². The minimum atomic E-state index is -0.378. The lowest BCUT2D eigenvalue weighted by Gasteiger charge is -2.30. The third-order valence-electron chi connectivity index (χ3n) is 7.26. The molecule has 0 spiro atoms. The molecule has 1 aliphatic heterocycles. The topological polar surface area (TPSA) is 37.6 Å². The van der Waals surface area contributed by atoms with Crippen molar-refractivity contribution in [1.29, 1.82) is 0 Å². The highest BCUT2D eigenvalue weighted by Crippen LogP contribution is 2.39. The van der Waals surface area contributed by atoms with Gasteiger partial charge in [0.1, 0.15) is 11.5 Å². The number of rotatable bonds is 4. The van der Waals surface area contributed by atoms with E-state index >= 15 is 0 Å². The second-order valence-corrected chi connectivity index (χ2v) is 10.5. The molecule has 4 aromatic rings. The summed E-state index contributed by atoms with van der Waals surface area (Å²) in [6.07, 6.45) is 7.27. The van der Waals surface area contributed by atoms with E-state index in [0.29, 0.717) is 10.1 Å². The molecule has 2 aliphatic rings. The van der Waals surface area contributed by atoms with Crippen molar-refractivity contribution in [3.8, 4) is 0 Å². The minimum Gasteiger partial charge on any atom is -0.341 e. The van der Waals surface area contributed by atoms with Crippen LogP contribution in [0.1, 0.15) is 44.6 Å². The molecule has 182 valence electrons. The van der Waals surface area contributed by atoms with Gasteiger partial charge in [-0.05, 0) is 73.5 Å². The van der Waals surface area contributed by atoms with E-state index in [9.17, 15) is 9.18 Å². The number of hydrogen-bond acceptors (Lipinski definition) is 3. The van der Waals surface area contributed by atoms with E-state index in [0.717, 1.165) is 37.8 Å². The second kappa shape index (κ2) is 9.58. The number of aryl methyl sites for hydroxylation is 1. The van der Waals surface area contributed by atoms with E-state index < -0.39 is 0 Å². The number of aromatic nitrogens is 1. The van der Waals surface area contributed by atoms with Crippen molar-refractivity contribution in [2.24, 2.45) is 4.99 Å². The Morgan fingerprint density at radius 3 is 2.53 bits per heavy atom. The van der Waals surface area contributed by atoms with Gasteiger partial charge in [0.05, 0.1) is 4.91 Å². The van der Waals surface area contributed by atoms with Crippen LogP contribution in [0, 0.1) is 5.82 Å². The molecular weight excluding hydrogens is 469 g/mol. The van der Waals surface area contributed by atoms with E-state index in [2.05, 4.69) is 58.9 Å². The molecule has 2 heterocycles. The van der Waals surface area contributed by atoms with Gasteiger partial charge in [-0.1, -0.05) is 55.7 Å². The predicted molar refractivity (Wildman–Crippen MR) is 148 cm³/mol. The minimum absolute atomic E-state index is 0.0296. The SMILES string of the molecule is CCn1c2ccccc2c2cc(/C=C3\SC(=Nc4ccccc4F)N(C4CCCCC4)C3=O)ccc21. The Morgan fingerprint density at radius 2 is 1.72 bits per heavy atom. The summed E-state index contributed by atoms with van der Waals surface area (Å²) in [6, 6.07) is 21.4. The quantitative estimate of drug-likeness (QED) is 0.269. The van der Waals surface area contributed by atoms with Crippen LogP contribution < -0.4 is 0 Å². The molecule has 4 nitrogen and oxygen atoms in total. The number of amidine groups is 1. The van der Waals surface area contributed by atoms with Crippen LogP contribution in [0.5, 0.6) is 0 Å². The molecule has 0 unspecified atom stereocenters. The molecule has 6 rings (SSSR count). The fourth-order valence-corrected chi connectivity index (χ4v) is 6.58. The molecule has 1 saturated heterocycles. The van der Waals surface area contributed by atoms with Crippen molar-refractivity contribution in [3.05, 3.63) is 83.0 Å². The third-order valence-corrected chi connectivity index (χ3v) is 8.24. The molecule has 0 bridgehead atoms. The summed E-state index contributed by atoms with van der Waals surface area (Å²) in [6.45, 7) is 3.05. The molecule has 0 N–H and O–H groups in total. The zero-order chi connectivity index (χ0) is 24.6. The highest BCUT2D eigenvalue weighted by atomic mass is 32.2. The molecule has 6 heteroatoms. The number of aliphatic imine (C=N–C) groups is 1. The number of thioether (sulfide) groups is 1. The van der Waals surface area contributed by atoms with E-state index in [4.69, 9.17) is 0 Å². The van der Waals surface area contributed by atoms with E-state index in [-0.39, 0.29) is 23.5 Å². The smallest absolute Gasteiger partial charge is 0.267 e. The average molecular weight is 498 g/mol. The summed E-state index contributed by atoms with van der Waals surface area (Å²) in [5.74, 6) is -0.407. The number of nitrogens with zero attached hydrogens (tertiary/aromatic N) is 3. The van der Waals surface area contributed by atoms with Gasteiger partial charge in [0.2, 0.25) is 0 Å². The Labute approximate surface area is 214 Å². The van der Waals surface area contributed by atoms with Gasteiger partial charge in [0.25, 0.3) is 5.91 Å². The van der Waals surface area contributed by atoms with Gasteiger partial charge in [0.15, 0.2) is 5.17 Å². The Bertz CT molecular complexity index is 1530. The van der Waals surface area contributed by atoms with Crippen molar-refractivity contribution in [2.45, 2.75) is 51.6 Å². The maximum Gasteiger partial charge on any atom is 0.267 e. The maximum absolute atomic E-state index is 14.4. The molecule has 0 atom stereocenters. The summed E-state index contributed by atoms with van der Waals surface area (Å²) >= 11 is 1.35. The van der Waals surface area contributed by atoms with Crippen LogP contribution >= 0.6 is 11.8 Å². The summed E-state index contributed by atoms with van der Waals surface area (Å²) in [4.78, 5) is 20.8. The lowest BCUT2D eigenvalue weighted by atomic mass is 9.94. The first-order valence-corrected chi connectivity index (χ1v) is 13.5. The number of para-hydroxylation sites is 2. The van der Waals surface area contributed by atoms with Gasteiger partial charge >= 0.3 is 0 Å². The molecule has 1 amide bonds. The van der Waals surface area contributed by atoms with Crippen LogP contribution in [0.15, 0.2) is 76.6 Å². The van der Waals surface area contributed by atoms with Gasteiger partial charge in [-0.3, -0.25) is 9.69 Å². The summed E-state index contributed by atoms with van der Waals surface area (Å²) in [5.41, 5.74) is 3.66. The summed E-state index contributed by atoms with van der Waals surface area (Å²) in [7, 11) is 0. The highest BCUT2D eigenvalue weighted by molar-refractivity contribution is 8.18. The monoisotopic (exact) mass is 497 g/mol. The fourth-order valence-electron chi connectivity index (χ4n) is 5.52. The third kappa shape index (κ3) is 4.03. The van der Waals surface area contributed by atoms with Crippen molar-refractivity contribution in [1.82, 2.24) is 9.47 Å². The Kier molecular flexibility index (Phi) is 6.13. The van der Waals surface area contributed by atoms with Gasteiger partial charge in [-0.2, -0.15) is 0 Å². The lowest BCUT2D eigenvalue weighted by Crippen LogP contribution is -2.40. The number of carbonyl (C=O) groups is 1. The second-order valence-electron chi connectivity index (χ2n) is 9.46. The number of halogens is 1. The van der Waals surface area contributed by atoms with Crippen LogP contribution in [0.4, 0.5) is 10.1 Å². The van der Waals surface area contributed by atoms with Gasteiger partial charge < -0.3 is 4.57 Å². The first kappa shape index (κ1) is 23.0. The summed E-state index contributed by atoms with van der Waals surface area (Å²) in [5, 5.41) is 2.97. The molecule has 3 aromatic carbocycles. The average Bonchev–Trinajstić information content (AvgIpc) is 3.39. The Morgan fingerprint density at radius 1 is 0.972 bits per heavy atom. The molecule has 1 aliphatic carbocycles. The maximum atomic E-state index is 14.4. The first-order chi connectivity index (χ1) is 17.6. The van der Waals surface area contributed by atoms with E-state index in [1.165, 1.54) is 46.1 Å². The lowest BCUT2D eigenvalue weighted by molar-refractivity contribution is -0.124. The number of hydrogen-bond donors (Lipinski definition) is 0. The van der Waals surface area contributed by atoms with Crippen molar-refractivity contribution >= 4 is 56.4 Å². The van der Waals surface area contributed by atoms with Crippen molar-refractivity contribution < 1.29 is 9.18 Å². The van der Waals surface area contributed by atoms with E-state index in [1.807, 2.05) is 11.0 Å². The van der Waals surface area contributed by atoms with Gasteiger partial charge in [0, 0.05) is 34.4 Å². The fraction of sp³-hybridized carbons (Fsp3) is 0.267. The van der Waals surface area contributed by atoms with Crippen LogP contribution in [0.3, 0.4) is 0 Å². The standard InChI is InChI=1S/C30H28FN3OS/c1-2-33-26-15-9-6-12-22(26)23-18-20(16-17-27(23)33)19-28-29(35)34(21-10-4-3-5-11-21)30(36-28)32-25-14-8-7-13-24(25)31/h6-9,12-19,21H,2-5,10-11H2,1H3/b28-19-,32-30?.